The highest BCUT2D eigenvalue weighted by Crippen LogP contribution is 2.17. The second kappa shape index (κ2) is 7.28. The van der Waals surface area contributed by atoms with Crippen LogP contribution < -0.4 is 10.1 Å². The molecule has 0 unspecified atom stereocenters. The summed E-state index contributed by atoms with van der Waals surface area (Å²) >= 11 is 0. The van der Waals surface area contributed by atoms with Gasteiger partial charge in [0.1, 0.15) is 17.4 Å². The third-order valence-corrected chi connectivity index (χ3v) is 3.56. The van der Waals surface area contributed by atoms with E-state index in [-0.39, 0.29) is 5.57 Å². The summed E-state index contributed by atoms with van der Waals surface area (Å²) in [5.41, 5.74) is 3.72. The summed E-state index contributed by atoms with van der Waals surface area (Å²) in [6.07, 6.45) is 1.55. The van der Waals surface area contributed by atoms with Gasteiger partial charge in [0.25, 0.3) is 5.91 Å². The van der Waals surface area contributed by atoms with E-state index in [0.29, 0.717) is 5.69 Å². The summed E-state index contributed by atoms with van der Waals surface area (Å²) < 4.78 is 5.08. The van der Waals surface area contributed by atoms with E-state index in [1.165, 1.54) is 0 Å². The van der Waals surface area contributed by atoms with Gasteiger partial charge in [-0.15, -0.1) is 0 Å². The van der Waals surface area contributed by atoms with Crippen LogP contribution in [0.4, 0.5) is 5.69 Å². The van der Waals surface area contributed by atoms with E-state index in [0.717, 1.165) is 22.4 Å². The Morgan fingerprint density at radius 1 is 1.13 bits per heavy atom. The molecule has 0 saturated carbocycles. The molecule has 2 aromatic carbocycles. The molecule has 2 rings (SSSR count). The van der Waals surface area contributed by atoms with Gasteiger partial charge in [0.15, 0.2) is 0 Å². The van der Waals surface area contributed by atoms with Gasteiger partial charge in [-0.1, -0.05) is 18.2 Å². The molecule has 0 bridgehead atoms. The fourth-order valence-corrected chi connectivity index (χ4v) is 2.03. The van der Waals surface area contributed by atoms with Crippen LogP contribution in [-0.2, 0) is 4.79 Å². The Balaban J connectivity index is 2.18. The molecule has 1 N–H and O–H groups in total. The number of amides is 1. The largest absolute Gasteiger partial charge is 0.497 e. The lowest BCUT2D eigenvalue weighted by atomic mass is 10.1. The number of methoxy groups -OCH3 is 1. The summed E-state index contributed by atoms with van der Waals surface area (Å²) in [5, 5.41) is 12.0. The highest BCUT2D eigenvalue weighted by molar-refractivity contribution is 6.09. The lowest BCUT2D eigenvalue weighted by Gasteiger charge is -2.07. The second-order valence-electron chi connectivity index (χ2n) is 5.20. The molecule has 4 nitrogen and oxygen atoms in total. The Kier molecular flexibility index (Phi) is 5.16. The molecule has 0 atom stereocenters. The first-order valence-corrected chi connectivity index (χ1v) is 7.18. The van der Waals surface area contributed by atoms with E-state index in [2.05, 4.69) is 5.32 Å². The minimum atomic E-state index is -0.424. The van der Waals surface area contributed by atoms with Crippen molar-refractivity contribution in [2.45, 2.75) is 13.8 Å². The van der Waals surface area contributed by atoms with E-state index in [1.54, 1.807) is 37.5 Å². The maximum absolute atomic E-state index is 12.2. The Morgan fingerprint density at radius 2 is 1.83 bits per heavy atom. The van der Waals surface area contributed by atoms with Crippen molar-refractivity contribution in [2.24, 2.45) is 0 Å². The molecule has 0 aliphatic heterocycles. The molecule has 0 radical (unpaired) electrons. The van der Waals surface area contributed by atoms with Crippen molar-refractivity contribution in [1.29, 1.82) is 5.26 Å². The van der Waals surface area contributed by atoms with Gasteiger partial charge < -0.3 is 10.1 Å². The molecule has 0 saturated heterocycles. The summed E-state index contributed by atoms with van der Waals surface area (Å²) in [4.78, 5) is 12.2. The predicted octanol–water partition coefficient (Wildman–Crippen LogP) is 3.86. The van der Waals surface area contributed by atoms with Gasteiger partial charge in [-0.25, -0.2) is 0 Å². The standard InChI is InChI=1S/C19H18N2O2/c1-13-4-7-17(10-14(13)2)21-19(22)16(12-20)11-15-5-8-18(23-3)9-6-15/h4-11H,1-3H3,(H,21,22). The smallest absolute Gasteiger partial charge is 0.266 e. The number of aryl methyl sites for hydroxylation is 2. The zero-order valence-electron chi connectivity index (χ0n) is 13.4. The lowest BCUT2D eigenvalue weighted by molar-refractivity contribution is -0.112. The molecule has 2 aromatic rings. The van der Waals surface area contributed by atoms with Crippen LogP contribution >= 0.6 is 0 Å². The van der Waals surface area contributed by atoms with E-state index in [1.807, 2.05) is 38.1 Å². The first kappa shape index (κ1) is 16.3. The summed E-state index contributed by atoms with van der Waals surface area (Å²) in [5.74, 6) is 0.298. The topological polar surface area (TPSA) is 62.1 Å². The van der Waals surface area contributed by atoms with Crippen molar-refractivity contribution >= 4 is 17.7 Å². The fraction of sp³-hybridized carbons (Fsp3) is 0.158. The van der Waals surface area contributed by atoms with Crippen molar-refractivity contribution < 1.29 is 9.53 Å². The normalized spacial score (nSPS) is 10.8. The minimum Gasteiger partial charge on any atom is -0.497 e. The van der Waals surface area contributed by atoms with Gasteiger partial charge in [0, 0.05) is 5.69 Å². The van der Waals surface area contributed by atoms with Crippen molar-refractivity contribution in [3.8, 4) is 11.8 Å². The van der Waals surface area contributed by atoms with Crippen molar-refractivity contribution in [3.63, 3.8) is 0 Å². The van der Waals surface area contributed by atoms with Crippen LogP contribution in [0, 0.1) is 25.2 Å². The number of nitriles is 1. The minimum absolute atomic E-state index is 0.0494. The number of anilines is 1. The van der Waals surface area contributed by atoms with Crippen LogP contribution in [0.3, 0.4) is 0 Å². The molecule has 0 spiro atoms. The molecular formula is C19H18N2O2. The summed E-state index contributed by atoms with van der Waals surface area (Å²) in [7, 11) is 1.59. The van der Waals surface area contributed by atoms with Crippen LogP contribution in [0.1, 0.15) is 16.7 Å². The number of hydrogen-bond donors (Lipinski definition) is 1. The Labute approximate surface area is 136 Å². The number of hydrogen-bond acceptors (Lipinski definition) is 3. The van der Waals surface area contributed by atoms with Crippen LogP contribution in [-0.4, -0.2) is 13.0 Å². The van der Waals surface area contributed by atoms with Crippen molar-refractivity contribution in [2.75, 3.05) is 12.4 Å². The predicted molar refractivity (Wildman–Crippen MR) is 91.1 cm³/mol. The summed E-state index contributed by atoms with van der Waals surface area (Å²) in [6, 6.07) is 14.7. The Hall–Kier alpha value is -3.06. The Morgan fingerprint density at radius 3 is 2.39 bits per heavy atom. The molecule has 0 fully saturated rings. The molecule has 4 heteroatoms. The van der Waals surface area contributed by atoms with Crippen molar-refractivity contribution in [3.05, 3.63) is 64.7 Å². The molecule has 0 aliphatic carbocycles. The first-order chi connectivity index (χ1) is 11.0. The van der Waals surface area contributed by atoms with Gasteiger partial charge in [-0.3, -0.25) is 4.79 Å². The van der Waals surface area contributed by atoms with E-state index in [4.69, 9.17) is 4.74 Å². The molecule has 0 heterocycles. The van der Waals surface area contributed by atoms with Crippen LogP contribution in [0.5, 0.6) is 5.75 Å². The van der Waals surface area contributed by atoms with Crippen LogP contribution in [0.2, 0.25) is 0 Å². The number of carbonyl (C=O) groups is 1. The van der Waals surface area contributed by atoms with E-state index < -0.39 is 5.91 Å². The fourth-order valence-electron chi connectivity index (χ4n) is 2.03. The molecule has 116 valence electrons. The van der Waals surface area contributed by atoms with Gasteiger partial charge >= 0.3 is 0 Å². The maximum atomic E-state index is 12.2. The highest BCUT2D eigenvalue weighted by Gasteiger charge is 2.10. The summed E-state index contributed by atoms with van der Waals surface area (Å²) in [6.45, 7) is 3.98. The molecule has 1 amide bonds. The average molecular weight is 306 g/mol. The molecule has 0 aliphatic rings. The maximum Gasteiger partial charge on any atom is 0.266 e. The third-order valence-electron chi connectivity index (χ3n) is 3.56. The first-order valence-electron chi connectivity index (χ1n) is 7.18. The van der Waals surface area contributed by atoms with Gasteiger partial charge in [0.2, 0.25) is 0 Å². The number of nitrogens with zero attached hydrogens (tertiary/aromatic N) is 1. The van der Waals surface area contributed by atoms with Crippen molar-refractivity contribution in [1.82, 2.24) is 0 Å². The number of carbonyl (C=O) groups excluding carboxylic acids is 1. The Bertz CT molecular complexity index is 784. The number of benzene rings is 2. The monoisotopic (exact) mass is 306 g/mol. The average Bonchev–Trinajstić information content (AvgIpc) is 2.56. The molecular weight excluding hydrogens is 288 g/mol. The van der Waals surface area contributed by atoms with E-state index >= 15 is 0 Å². The molecule has 0 aromatic heterocycles. The lowest BCUT2D eigenvalue weighted by Crippen LogP contribution is -2.13. The van der Waals surface area contributed by atoms with Crippen LogP contribution in [0.25, 0.3) is 6.08 Å². The van der Waals surface area contributed by atoms with E-state index in [9.17, 15) is 10.1 Å². The zero-order valence-corrected chi connectivity index (χ0v) is 13.4. The third kappa shape index (κ3) is 4.21. The number of rotatable bonds is 4. The van der Waals surface area contributed by atoms with Gasteiger partial charge in [-0.2, -0.15) is 5.26 Å². The number of ether oxygens (including phenoxy) is 1. The molecule has 23 heavy (non-hydrogen) atoms. The van der Waals surface area contributed by atoms with Gasteiger partial charge in [0.05, 0.1) is 7.11 Å². The zero-order chi connectivity index (χ0) is 16.8. The quantitative estimate of drug-likeness (QED) is 0.689. The highest BCUT2D eigenvalue weighted by atomic mass is 16.5. The second-order valence-corrected chi connectivity index (χ2v) is 5.20. The SMILES string of the molecule is COc1ccc(C=C(C#N)C(=O)Nc2ccc(C)c(C)c2)cc1. The van der Waals surface area contributed by atoms with Gasteiger partial charge in [-0.05, 0) is 60.9 Å². The number of nitrogens with one attached hydrogen (secondary N) is 1. The van der Waals surface area contributed by atoms with Crippen LogP contribution in [0.15, 0.2) is 48.0 Å².